The average molecular weight is 349 g/mol. The van der Waals surface area contributed by atoms with Crippen molar-refractivity contribution in [1.82, 2.24) is 0 Å². The molecule has 0 aliphatic heterocycles. The van der Waals surface area contributed by atoms with Crippen LogP contribution in [0.1, 0.15) is 18.1 Å². The van der Waals surface area contributed by atoms with Gasteiger partial charge in [0.1, 0.15) is 5.60 Å². The largest absolute Gasteiger partial charge is 0.380 e. The molecular formula is C22H23NOS. The number of benzene rings is 3. The Morgan fingerprint density at radius 2 is 1.28 bits per heavy atom. The van der Waals surface area contributed by atoms with Gasteiger partial charge in [0.2, 0.25) is 0 Å². The van der Waals surface area contributed by atoms with Crippen LogP contribution in [0.15, 0.2) is 94.7 Å². The third-order valence-electron chi connectivity index (χ3n) is 4.55. The van der Waals surface area contributed by atoms with E-state index in [1.54, 1.807) is 11.8 Å². The number of rotatable bonds is 6. The number of aliphatic hydroxyl groups is 1. The van der Waals surface area contributed by atoms with E-state index >= 15 is 0 Å². The van der Waals surface area contributed by atoms with Crippen LogP contribution in [0.4, 0.5) is 0 Å². The van der Waals surface area contributed by atoms with Gasteiger partial charge in [-0.2, -0.15) is 0 Å². The molecule has 0 saturated carbocycles. The first-order valence-electron chi connectivity index (χ1n) is 8.46. The van der Waals surface area contributed by atoms with Crippen molar-refractivity contribution in [3.05, 3.63) is 96.1 Å². The minimum Gasteiger partial charge on any atom is -0.380 e. The van der Waals surface area contributed by atoms with E-state index in [1.165, 1.54) is 4.90 Å². The SMILES string of the molecule is CC(CN)C(O)(c1ccccc1)c1ccc(Sc2ccccc2)cc1. The van der Waals surface area contributed by atoms with Crippen molar-refractivity contribution in [3.8, 4) is 0 Å². The standard InChI is InChI=1S/C22H23NOS/c1-17(16-23)22(24,18-8-4-2-5-9-18)19-12-14-21(15-13-19)25-20-10-6-3-7-11-20/h2-15,17,24H,16,23H2,1H3. The van der Waals surface area contributed by atoms with E-state index in [-0.39, 0.29) is 5.92 Å². The third-order valence-corrected chi connectivity index (χ3v) is 5.57. The Morgan fingerprint density at radius 3 is 1.84 bits per heavy atom. The number of hydrogen-bond acceptors (Lipinski definition) is 3. The molecule has 3 N–H and O–H groups in total. The maximum atomic E-state index is 11.5. The Kier molecular flexibility index (Phi) is 5.59. The highest BCUT2D eigenvalue weighted by molar-refractivity contribution is 7.99. The summed E-state index contributed by atoms with van der Waals surface area (Å²) in [5, 5.41) is 11.5. The van der Waals surface area contributed by atoms with Gasteiger partial charge in [0.15, 0.2) is 0 Å². The molecule has 25 heavy (non-hydrogen) atoms. The Balaban J connectivity index is 1.92. The lowest BCUT2D eigenvalue weighted by molar-refractivity contribution is 0.0276. The summed E-state index contributed by atoms with van der Waals surface area (Å²) < 4.78 is 0. The Labute approximate surface area is 153 Å². The minimum absolute atomic E-state index is 0.0949. The van der Waals surface area contributed by atoms with E-state index in [9.17, 15) is 5.11 Å². The molecular weight excluding hydrogens is 326 g/mol. The quantitative estimate of drug-likeness (QED) is 0.680. The molecule has 3 aromatic rings. The van der Waals surface area contributed by atoms with Crippen molar-refractivity contribution >= 4 is 11.8 Å². The molecule has 3 heteroatoms. The first-order chi connectivity index (χ1) is 12.1. The normalized spacial score (nSPS) is 14.7. The zero-order valence-corrected chi connectivity index (χ0v) is 15.1. The molecule has 0 amide bonds. The lowest BCUT2D eigenvalue weighted by Crippen LogP contribution is -2.38. The second kappa shape index (κ2) is 7.87. The first-order valence-corrected chi connectivity index (χ1v) is 9.27. The summed E-state index contributed by atoms with van der Waals surface area (Å²) in [4.78, 5) is 2.34. The molecule has 3 aromatic carbocycles. The lowest BCUT2D eigenvalue weighted by atomic mass is 9.77. The summed E-state index contributed by atoms with van der Waals surface area (Å²) in [6.07, 6.45) is 0. The average Bonchev–Trinajstić information content (AvgIpc) is 2.69. The van der Waals surface area contributed by atoms with Crippen LogP contribution in [0, 0.1) is 5.92 Å². The van der Waals surface area contributed by atoms with Crippen LogP contribution < -0.4 is 5.73 Å². The fraction of sp³-hybridized carbons (Fsp3) is 0.182. The predicted octanol–water partition coefficient (Wildman–Crippen LogP) is 4.67. The summed E-state index contributed by atoms with van der Waals surface area (Å²) >= 11 is 1.71. The predicted molar refractivity (Wildman–Crippen MR) is 105 cm³/mol. The summed E-state index contributed by atoms with van der Waals surface area (Å²) in [6.45, 7) is 2.39. The van der Waals surface area contributed by atoms with E-state index in [0.29, 0.717) is 6.54 Å². The molecule has 3 rings (SSSR count). The Bertz CT molecular complexity index is 789. The zero-order valence-electron chi connectivity index (χ0n) is 14.3. The second-order valence-corrected chi connectivity index (χ2v) is 7.36. The lowest BCUT2D eigenvalue weighted by Gasteiger charge is -2.35. The maximum Gasteiger partial charge on any atom is 0.118 e. The van der Waals surface area contributed by atoms with Crippen LogP contribution in [0.25, 0.3) is 0 Å². The highest BCUT2D eigenvalue weighted by atomic mass is 32.2. The van der Waals surface area contributed by atoms with Crippen LogP contribution in [0.3, 0.4) is 0 Å². The molecule has 0 aliphatic rings. The molecule has 0 saturated heterocycles. The van der Waals surface area contributed by atoms with E-state index < -0.39 is 5.60 Å². The summed E-state index contributed by atoms with van der Waals surface area (Å²) in [7, 11) is 0. The number of hydrogen-bond donors (Lipinski definition) is 2. The van der Waals surface area contributed by atoms with Gasteiger partial charge in [0.05, 0.1) is 0 Å². The summed E-state index contributed by atoms with van der Waals surface area (Å²) in [6, 6.07) is 28.2. The molecule has 0 fully saturated rings. The third kappa shape index (κ3) is 3.79. The minimum atomic E-state index is -1.09. The van der Waals surface area contributed by atoms with Gasteiger partial charge < -0.3 is 10.8 Å². The molecule has 0 spiro atoms. The van der Waals surface area contributed by atoms with Gasteiger partial charge in [0.25, 0.3) is 0 Å². The second-order valence-electron chi connectivity index (χ2n) is 6.21. The Hall–Kier alpha value is -2.07. The van der Waals surface area contributed by atoms with Crippen molar-refractivity contribution in [3.63, 3.8) is 0 Å². The zero-order chi connectivity index (χ0) is 17.7. The van der Waals surface area contributed by atoms with Crippen LogP contribution in [0.5, 0.6) is 0 Å². The molecule has 2 atom stereocenters. The van der Waals surface area contributed by atoms with Crippen molar-refractivity contribution in [1.29, 1.82) is 0 Å². The van der Waals surface area contributed by atoms with Gasteiger partial charge in [-0.15, -0.1) is 0 Å². The van der Waals surface area contributed by atoms with Crippen LogP contribution in [0.2, 0.25) is 0 Å². The molecule has 0 aliphatic carbocycles. The van der Waals surface area contributed by atoms with Gasteiger partial charge in [-0.05, 0) is 41.9 Å². The van der Waals surface area contributed by atoms with E-state index in [0.717, 1.165) is 16.0 Å². The first kappa shape index (κ1) is 17.7. The highest BCUT2D eigenvalue weighted by Crippen LogP contribution is 2.37. The molecule has 0 heterocycles. The summed E-state index contributed by atoms with van der Waals surface area (Å²) in [5.41, 5.74) is 6.55. The number of nitrogens with two attached hydrogens (primary N) is 1. The van der Waals surface area contributed by atoms with E-state index in [1.807, 2.05) is 67.6 Å². The molecule has 128 valence electrons. The van der Waals surface area contributed by atoms with Crippen LogP contribution in [-0.4, -0.2) is 11.7 Å². The van der Waals surface area contributed by atoms with Crippen molar-refractivity contribution < 1.29 is 5.11 Å². The van der Waals surface area contributed by atoms with Crippen molar-refractivity contribution in [2.75, 3.05) is 6.54 Å². The molecule has 0 radical (unpaired) electrons. The van der Waals surface area contributed by atoms with Gasteiger partial charge in [-0.25, -0.2) is 0 Å². The smallest absolute Gasteiger partial charge is 0.118 e. The molecule has 0 bridgehead atoms. The molecule has 0 aromatic heterocycles. The van der Waals surface area contributed by atoms with Crippen LogP contribution >= 0.6 is 11.8 Å². The highest BCUT2D eigenvalue weighted by Gasteiger charge is 2.36. The molecule has 2 nitrogen and oxygen atoms in total. The van der Waals surface area contributed by atoms with Gasteiger partial charge in [0, 0.05) is 15.7 Å². The maximum absolute atomic E-state index is 11.5. The van der Waals surface area contributed by atoms with Gasteiger partial charge in [-0.1, -0.05) is 79.3 Å². The summed E-state index contributed by atoms with van der Waals surface area (Å²) in [5.74, 6) is -0.0949. The monoisotopic (exact) mass is 349 g/mol. The van der Waals surface area contributed by atoms with Gasteiger partial charge >= 0.3 is 0 Å². The molecule has 2 unspecified atom stereocenters. The van der Waals surface area contributed by atoms with Crippen LogP contribution in [-0.2, 0) is 5.60 Å². The van der Waals surface area contributed by atoms with E-state index in [4.69, 9.17) is 5.73 Å². The van der Waals surface area contributed by atoms with Crippen molar-refractivity contribution in [2.24, 2.45) is 11.7 Å². The topological polar surface area (TPSA) is 46.2 Å². The fourth-order valence-corrected chi connectivity index (χ4v) is 3.84. The van der Waals surface area contributed by atoms with Crippen molar-refractivity contribution in [2.45, 2.75) is 22.3 Å². The Morgan fingerprint density at radius 1 is 0.800 bits per heavy atom. The van der Waals surface area contributed by atoms with E-state index in [2.05, 4.69) is 24.3 Å². The van der Waals surface area contributed by atoms with Gasteiger partial charge in [-0.3, -0.25) is 0 Å². The fourth-order valence-electron chi connectivity index (χ4n) is 3.00.